The molecule has 0 saturated heterocycles. The molecule has 0 radical (unpaired) electrons. The predicted octanol–water partition coefficient (Wildman–Crippen LogP) is 1.86. The minimum Gasteiger partial charge on any atom is -0.390 e. The van der Waals surface area contributed by atoms with Gasteiger partial charge in [0.15, 0.2) is 0 Å². The Labute approximate surface area is 102 Å². The van der Waals surface area contributed by atoms with E-state index >= 15 is 0 Å². The average Bonchev–Trinajstić information content (AvgIpc) is 2.34. The van der Waals surface area contributed by atoms with Crippen molar-refractivity contribution in [1.29, 1.82) is 0 Å². The second-order valence-corrected chi connectivity index (χ2v) is 3.80. The number of nitrogens with zero attached hydrogens (tertiary/aromatic N) is 3. The molecule has 0 fully saturated rings. The lowest BCUT2D eigenvalue weighted by atomic mass is 10.0. The van der Waals surface area contributed by atoms with E-state index < -0.39 is 12.2 Å². The van der Waals surface area contributed by atoms with Gasteiger partial charge in [-0.1, -0.05) is 16.7 Å². The normalized spacial score (nSPS) is 13.6. The zero-order valence-electron chi connectivity index (χ0n) is 8.69. The van der Waals surface area contributed by atoms with E-state index in [4.69, 9.17) is 17.1 Å². The van der Waals surface area contributed by atoms with Crippen molar-refractivity contribution in [2.24, 2.45) is 5.11 Å². The molecule has 0 amide bonds. The molecular weight excluding hydrogens is 246 g/mol. The van der Waals surface area contributed by atoms with E-state index in [2.05, 4.69) is 10.0 Å². The van der Waals surface area contributed by atoms with Gasteiger partial charge >= 0.3 is 0 Å². The summed E-state index contributed by atoms with van der Waals surface area (Å²) >= 11 is 5.75. The molecule has 0 spiro atoms. The van der Waals surface area contributed by atoms with Gasteiger partial charge in [-0.2, -0.15) is 0 Å². The number of hydrogen-bond acceptors (Lipinski definition) is 4. The highest BCUT2D eigenvalue weighted by Gasteiger charge is 2.18. The van der Waals surface area contributed by atoms with Crippen LogP contribution in [0.1, 0.15) is 22.0 Å². The van der Waals surface area contributed by atoms with E-state index in [1.807, 2.05) is 0 Å². The summed E-state index contributed by atoms with van der Waals surface area (Å²) < 4.78 is 0. The fourth-order valence-electron chi connectivity index (χ4n) is 1.32. The number of carbonyl (C=O) groups excluding carboxylic acids is 1. The molecule has 2 atom stereocenters. The molecule has 0 aromatic heterocycles. The minimum absolute atomic E-state index is 0.263. The van der Waals surface area contributed by atoms with E-state index in [1.165, 1.54) is 18.2 Å². The quantitative estimate of drug-likeness (QED) is 0.363. The Bertz CT molecular complexity index is 460. The molecule has 7 heteroatoms. The molecule has 0 heterocycles. The van der Waals surface area contributed by atoms with Crippen molar-refractivity contribution in [1.82, 2.24) is 0 Å². The van der Waals surface area contributed by atoms with Crippen molar-refractivity contribution < 1.29 is 15.0 Å². The van der Waals surface area contributed by atoms with Crippen molar-refractivity contribution in [3.63, 3.8) is 0 Å². The van der Waals surface area contributed by atoms with Gasteiger partial charge in [-0.3, -0.25) is 4.79 Å². The third kappa shape index (κ3) is 3.72. The summed E-state index contributed by atoms with van der Waals surface area (Å²) in [5.41, 5.74) is 8.68. The maximum atomic E-state index is 10.6. The number of azide groups is 1. The van der Waals surface area contributed by atoms with Gasteiger partial charge in [0, 0.05) is 15.5 Å². The summed E-state index contributed by atoms with van der Waals surface area (Å²) in [5.74, 6) is 0. The van der Waals surface area contributed by atoms with Crippen LogP contribution in [-0.4, -0.2) is 29.1 Å². The third-order valence-electron chi connectivity index (χ3n) is 2.12. The molecule has 1 aromatic carbocycles. The van der Waals surface area contributed by atoms with Crippen LogP contribution in [0.2, 0.25) is 5.02 Å². The van der Waals surface area contributed by atoms with Crippen LogP contribution in [-0.2, 0) is 0 Å². The highest BCUT2D eigenvalue weighted by molar-refractivity contribution is 6.30. The summed E-state index contributed by atoms with van der Waals surface area (Å²) in [6.45, 7) is -0.263. The van der Waals surface area contributed by atoms with Crippen LogP contribution in [0.4, 0.5) is 0 Å². The van der Waals surface area contributed by atoms with E-state index in [9.17, 15) is 15.0 Å². The predicted molar refractivity (Wildman–Crippen MR) is 61.8 cm³/mol. The Balaban J connectivity index is 2.94. The van der Waals surface area contributed by atoms with Gasteiger partial charge < -0.3 is 10.2 Å². The average molecular weight is 256 g/mol. The lowest BCUT2D eigenvalue weighted by Gasteiger charge is -2.16. The summed E-state index contributed by atoms with van der Waals surface area (Å²) in [5, 5.41) is 22.7. The lowest BCUT2D eigenvalue weighted by Crippen LogP contribution is -2.21. The summed E-state index contributed by atoms with van der Waals surface area (Å²) in [4.78, 5) is 13.1. The van der Waals surface area contributed by atoms with Crippen LogP contribution in [0.15, 0.2) is 23.3 Å². The molecule has 0 saturated carbocycles. The molecule has 6 nitrogen and oxygen atoms in total. The summed E-state index contributed by atoms with van der Waals surface area (Å²) in [7, 11) is 0. The summed E-state index contributed by atoms with van der Waals surface area (Å²) in [6, 6.07) is 4.27. The standard InChI is InChI=1S/C10H10ClN3O3/c11-8-2-6(5-15)1-7(3-8)10(17)9(16)4-13-14-12/h1-3,5,9-10,16-17H,4H2. The fraction of sp³-hybridized carbons (Fsp3) is 0.300. The molecule has 0 aliphatic rings. The van der Waals surface area contributed by atoms with Crippen molar-refractivity contribution in [2.75, 3.05) is 6.54 Å². The van der Waals surface area contributed by atoms with Crippen LogP contribution in [0, 0.1) is 0 Å². The first kappa shape index (κ1) is 13.5. The van der Waals surface area contributed by atoms with Crippen LogP contribution < -0.4 is 0 Å². The van der Waals surface area contributed by atoms with Gasteiger partial charge in [-0.05, 0) is 29.3 Å². The van der Waals surface area contributed by atoms with Crippen molar-refractivity contribution in [3.8, 4) is 0 Å². The number of aliphatic hydroxyl groups is 2. The topological polar surface area (TPSA) is 106 Å². The van der Waals surface area contributed by atoms with Gasteiger partial charge in [0.05, 0.1) is 12.6 Å². The highest BCUT2D eigenvalue weighted by Crippen LogP contribution is 2.22. The first-order valence-corrected chi connectivity index (χ1v) is 5.09. The molecule has 0 bridgehead atoms. The van der Waals surface area contributed by atoms with Crippen molar-refractivity contribution in [2.45, 2.75) is 12.2 Å². The number of hydrogen-bond donors (Lipinski definition) is 2. The van der Waals surface area contributed by atoms with E-state index in [1.54, 1.807) is 0 Å². The maximum Gasteiger partial charge on any atom is 0.150 e. The van der Waals surface area contributed by atoms with Crippen molar-refractivity contribution >= 4 is 17.9 Å². The molecule has 2 N–H and O–H groups in total. The molecule has 17 heavy (non-hydrogen) atoms. The number of rotatable bonds is 5. The van der Waals surface area contributed by atoms with Gasteiger partial charge in [0.1, 0.15) is 12.4 Å². The van der Waals surface area contributed by atoms with E-state index in [0.717, 1.165) is 0 Å². The summed E-state index contributed by atoms with van der Waals surface area (Å²) in [6.07, 6.45) is -1.93. The van der Waals surface area contributed by atoms with Gasteiger partial charge in [0.2, 0.25) is 0 Å². The number of carbonyl (C=O) groups is 1. The molecule has 1 rings (SSSR count). The zero-order valence-corrected chi connectivity index (χ0v) is 9.45. The van der Waals surface area contributed by atoms with Gasteiger partial charge in [0.25, 0.3) is 0 Å². The first-order chi connectivity index (χ1) is 8.08. The molecule has 0 aliphatic carbocycles. The Morgan fingerprint density at radius 2 is 2.18 bits per heavy atom. The molecule has 1 aromatic rings. The van der Waals surface area contributed by atoms with Crippen molar-refractivity contribution in [3.05, 3.63) is 44.8 Å². The number of aldehydes is 1. The van der Waals surface area contributed by atoms with Crippen LogP contribution in [0.5, 0.6) is 0 Å². The largest absolute Gasteiger partial charge is 0.390 e. The molecule has 0 aliphatic heterocycles. The fourth-order valence-corrected chi connectivity index (χ4v) is 1.57. The SMILES string of the molecule is [N-]=[N+]=NCC(O)C(O)c1cc(Cl)cc(C=O)c1. The molecule has 90 valence electrons. The Morgan fingerprint density at radius 1 is 1.47 bits per heavy atom. The van der Waals surface area contributed by atoms with Crippen LogP contribution >= 0.6 is 11.6 Å². The second-order valence-electron chi connectivity index (χ2n) is 3.36. The van der Waals surface area contributed by atoms with Crippen LogP contribution in [0.25, 0.3) is 10.4 Å². The second kappa shape index (κ2) is 6.22. The number of benzene rings is 1. The van der Waals surface area contributed by atoms with E-state index in [0.29, 0.717) is 17.4 Å². The number of aliphatic hydroxyl groups excluding tert-OH is 2. The smallest absolute Gasteiger partial charge is 0.150 e. The van der Waals surface area contributed by atoms with E-state index in [-0.39, 0.29) is 11.6 Å². The monoisotopic (exact) mass is 255 g/mol. The Morgan fingerprint density at radius 3 is 2.76 bits per heavy atom. The van der Waals surface area contributed by atoms with Crippen LogP contribution in [0.3, 0.4) is 0 Å². The van der Waals surface area contributed by atoms with Gasteiger partial charge in [-0.15, -0.1) is 0 Å². The lowest BCUT2D eigenvalue weighted by molar-refractivity contribution is 0.0244. The Hall–Kier alpha value is -1.59. The first-order valence-electron chi connectivity index (χ1n) is 4.71. The van der Waals surface area contributed by atoms with Gasteiger partial charge in [-0.25, -0.2) is 0 Å². The minimum atomic E-state index is -1.27. The highest BCUT2D eigenvalue weighted by atomic mass is 35.5. The Kier molecular flexibility index (Phi) is 4.93. The third-order valence-corrected chi connectivity index (χ3v) is 2.33. The number of halogens is 1. The molecule has 2 unspecified atom stereocenters. The zero-order chi connectivity index (χ0) is 12.8. The molecular formula is C10H10ClN3O3. The maximum absolute atomic E-state index is 10.6.